The van der Waals surface area contributed by atoms with Crippen molar-refractivity contribution in [2.45, 2.75) is 105 Å². The molecule has 3 heterocycles. The molecular weight excluding hydrogens is 1340 g/mol. The van der Waals surface area contributed by atoms with Crippen molar-refractivity contribution in [1.82, 2.24) is 4.57 Å². The fourth-order valence-corrected chi connectivity index (χ4v) is 17.2. The van der Waals surface area contributed by atoms with E-state index < -0.39 is 0 Å². The molecule has 540 valence electrons. The molecule has 2 aliphatic heterocycles. The number of fused-ring (bicyclic) bond motifs is 7. The van der Waals surface area contributed by atoms with Crippen LogP contribution in [0.3, 0.4) is 0 Å². The monoisotopic (exact) mass is 1430 g/mol. The molecule has 16 aromatic rings. The van der Waals surface area contributed by atoms with Crippen molar-refractivity contribution in [2.24, 2.45) is 0 Å². The number of rotatable bonds is 12. The highest BCUT2D eigenvalue weighted by Crippen LogP contribution is 2.57. The Hall–Kier alpha value is -12.4. The molecule has 0 aliphatic carbocycles. The summed E-state index contributed by atoms with van der Waals surface area (Å²) in [7, 11) is 0. The van der Waals surface area contributed by atoms with Crippen LogP contribution < -0.4 is 31.1 Å². The summed E-state index contributed by atoms with van der Waals surface area (Å²) in [5.74, 6) is 0. The molecule has 0 amide bonds. The molecule has 2 aliphatic rings. The Balaban J connectivity index is 1.03. The standard InChI is InChI=1S/C106H93BN4/c1-103(2,3)78-59-77(60-79(63-78)104(4,5)6)76-52-58-93-97(62-76)111(102-90(73-41-25-16-26-42-73)66-81(106(10,11)12)67-91(102)74-43-27-17-28-44-74)99-69-85(108(82-45-29-18-30-46-82)83-53-55-84(56-54-83)109-94-49-33-31-47-86(94)87-48-32-34-50-95(87)109)68-98-100(99)107(93)92-57-51-75(70-35-19-13-20-36-70)61-96(92)110(98)101-88(71-37-21-14-22-38-71)64-80(105(7,8)9)65-89(101)72-39-23-15-24-40-72/h13-69H,1-12H3. The lowest BCUT2D eigenvalue weighted by Gasteiger charge is -2.46. The molecule has 0 unspecified atom stereocenters. The van der Waals surface area contributed by atoms with E-state index in [1.165, 1.54) is 66.0 Å². The smallest absolute Gasteiger partial charge is 0.252 e. The maximum absolute atomic E-state index is 2.74. The predicted molar refractivity (Wildman–Crippen MR) is 477 cm³/mol. The Morgan fingerprint density at radius 3 is 0.946 bits per heavy atom. The van der Waals surface area contributed by atoms with Crippen LogP contribution >= 0.6 is 0 Å². The lowest BCUT2D eigenvalue weighted by molar-refractivity contribution is 0.569. The maximum Gasteiger partial charge on any atom is 0.252 e. The van der Waals surface area contributed by atoms with Crippen molar-refractivity contribution in [3.63, 3.8) is 0 Å². The Bertz CT molecular complexity index is 6010. The van der Waals surface area contributed by atoms with Gasteiger partial charge in [0.15, 0.2) is 0 Å². The van der Waals surface area contributed by atoms with Crippen molar-refractivity contribution >= 4 is 96.1 Å². The van der Waals surface area contributed by atoms with Gasteiger partial charge in [0.25, 0.3) is 6.71 Å². The summed E-state index contributed by atoms with van der Waals surface area (Å²) in [6.45, 7) is 28.0. The highest BCUT2D eigenvalue weighted by atomic mass is 15.2. The second-order valence-corrected chi connectivity index (χ2v) is 34.6. The van der Waals surface area contributed by atoms with Crippen LogP contribution in [0.1, 0.15) is 105 Å². The van der Waals surface area contributed by atoms with Gasteiger partial charge in [-0.1, -0.05) is 332 Å². The normalized spacial score (nSPS) is 12.8. The number of anilines is 9. The molecule has 0 fully saturated rings. The number of hydrogen-bond donors (Lipinski definition) is 0. The van der Waals surface area contributed by atoms with E-state index in [2.05, 4.69) is 448 Å². The third-order valence-electron chi connectivity index (χ3n) is 23.1. The zero-order chi connectivity index (χ0) is 76.2. The van der Waals surface area contributed by atoms with Gasteiger partial charge in [-0.2, -0.15) is 0 Å². The summed E-state index contributed by atoms with van der Waals surface area (Å²) in [6.07, 6.45) is 0. The van der Waals surface area contributed by atoms with E-state index >= 15 is 0 Å². The molecular formula is C106H93BN4. The first-order valence-corrected chi connectivity index (χ1v) is 39.4. The van der Waals surface area contributed by atoms with Crippen LogP contribution in [-0.4, -0.2) is 11.3 Å². The molecule has 0 N–H and O–H groups in total. The number of aromatic nitrogens is 1. The lowest BCUT2D eigenvalue weighted by Crippen LogP contribution is -2.61. The van der Waals surface area contributed by atoms with Gasteiger partial charge in [0, 0.05) is 72.8 Å². The fourth-order valence-electron chi connectivity index (χ4n) is 17.2. The summed E-state index contributed by atoms with van der Waals surface area (Å²) >= 11 is 0. The summed E-state index contributed by atoms with van der Waals surface area (Å²) in [6, 6.07) is 131. The molecule has 111 heavy (non-hydrogen) atoms. The van der Waals surface area contributed by atoms with Gasteiger partial charge in [-0.3, -0.25) is 0 Å². The largest absolute Gasteiger partial charge is 0.310 e. The second kappa shape index (κ2) is 27.3. The van der Waals surface area contributed by atoms with Gasteiger partial charge in [0.1, 0.15) is 0 Å². The average Bonchev–Trinajstić information content (AvgIpc) is 1.11. The Kier molecular flexibility index (Phi) is 17.3. The first kappa shape index (κ1) is 70.3. The van der Waals surface area contributed by atoms with E-state index in [4.69, 9.17) is 0 Å². The third-order valence-corrected chi connectivity index (χ3v) is 23.1. The van der Waals surface area contributed by atoms with Crippen molar-refractivity contribution in [3.05, 3.63) is 368 Å². The van der Waals surface area contributed by atoms with Gasteiger partial charge in [0.05, 0.1) is 28.1 Å². The van der Waals surface area contributed by atoms with Gasteiger partial charge in [-0.15, -0.1) is 0 Å². The van der Waals surface area contributed by atoms with E-state index in [0.717, 1.165) is 118 Å². The van der Waals surface area contributed by atoms with E-state index in [0.29, 0.717) is 0 Å². The minimum Gasteiger partial charge on any atom is -0.310 e. The molecule has 4 nitrogen and oxygen atoms in total. The number of benzene rings is 15. The average molecular weight is 1430 g/mol. The van der Waals surface area contributed by atoms with Gasteiger partial charge >= 0.3 is 0 Å². The molecule has 0 atom stereocenters. The third kappa shape index (κ3) is 12.6. The number of para-hydroxylation sites is 3. The van der Waals surface area contributed by atoms with Crippen LogP contribution in [0.25, 0.3) is 94.3 Å². The van der Waals surface area contributed by atoms with Crippen LogP contribution in [0, 0.1) is 0 Å². The fraction of sp³-hybridized carbons (Fsp3) is 0.151. The minimum absolute atomic E-state index is 0.119. The molecule has 5 heteroatoms. The maximum atomic E-state index is 2.74. The quantitative estimate of drug-likeness (QED) is 0.113. The van der Waals surface area contributed by atoms with E-state index in [9.17, 15) is 0 Å². The molecule has 0 saturated heterocycles. The molecule has 0 bridgehead atoms. The van der Waals surface area contributed by atoms with Crippen LogP contribution in [-0.2, 0) is 21.7 Å². The van der Waals surface area contributed by atoms with Crippen LogP contribution in [0.2, 0.25) is 0 Å². The number of hydrogen-bond acceptors (Lipinski definition) is 3. The van der Waals surface area contributed by atoms with Crippen LogP contribution in [0.4, 0.5) is 51.2 Å². The first-order valence-electron chi connectivity index (χ1n) is 39.4. The Morgan fingerprint density at radius 1 is 0.243 bits per heavy atom. The minimum atomic E-state index is -0.273. The first-order chi connectivity index (χ1) is 53.6. The molecule has 18 rings (SSSR count). The van der Waals surface area contributed by atoms with E-state index in [1.54, 1.807) is 0 Å². The summed E-state index contributed by atoms with van der Waals surface area (Å²) in [5.41, 5.74) is 35.1. The molecule has 0 saturated carbocycles. The van der Waals surface area contributed by atoms with Crippen molar-refractivity contribution in [1.29, 1.82) is 0 Å². The van der Waals surface area contributed by atoms with Crippen molar-refractivity contribution < 1.29 is 0 Å². The number of nitrogens with zero attached hydrogens (tertiary/aromatic N) is 4. The van der Waals surface area contributed by atoms with Crippen molar-refractivity contribution in [3.8, 4) is 72.4 Å². The SMILES string of the molecule is CC(C)(C)c1cc(-c2ccc3c(c2)N(c2c(-c4ccccc4)cc(C(C)(C)C)cc2-c2ccccc2)c2cc(N(c4ccccc4)c4ccc(-n5c6ccccc6c6ccccc65)cc4)cc4c2B3c2ccc(-c3ccccc3)cc2N4c2c(-c3ccccc3)cc(C(C)(C)C)cc2-c2ccccc2)cc(C(C)(C)C)c1. The highest BCUT2D eigenvalue weighted by molar-refractivity contribution is 7.00. The second-order valence-electron chi connectivity index (χ2n) is 34.6. The molecule has 0 spiro atoms. The summed E-state index contributed by atoms with van der Waals surface area (Å²) in [4.78, 5) is 7.97. The van der Waals surface area contributed by atoms with Crippen LogP contribution in [0.15, 0.2) is 346 Å². The zero-order valence-electron chi connectivity index (χ0n) is 65.8. The molecule has 15 aromatic carbocycles. The van der Waals surface area contributed by atoms with Gasteiger partial charge < -0.3 is 19.3 Å². The Morgan fingerprint density at radius 2 is 0.568 bits per heavy atom. The summed E-state index contributed by atoms with van der Waals surface area (Å²) in [5, 5.41) is 2.46. The van der Waals surface area contributed by atoms with Crippen molar-refractivity contribution in [2.75, 3.05) is 14.7 Å². The zero-order valence-corrected chi connectivity index (χ0v) is 65.8. The van der Waals surface area contributed by atoms with E-state index in [1.807, 2.05) is 0 Å². The lowest BCUT2D eigenvalue weighted by atomic mass is 9.33. The topological polar surface area (TPSA) is 14.7 Å². The predicted octanol–water partition coefficient (Wildman–Crippen LogP) is 27.5. The highest BCUT2D eigenvalue weighted by Gasteiger charge is 2.47. The van der Waals surface area contributed by atoms with Crippen LogP contribution in [0.5, 0.6) is 0 Å². The van der Waals surface area contributed by atoms with E-state index in [-0.39, 0.29) is 28.4 Å². The van der Waals surface area contributed by atoms with Gasteiger partial charge in [-0.05, 0) is 202 Å². The summed E-state index contributed by atoms with van der Waals surface area (Å²) < 4.78 is 2.43. The van der Waals surface area contributed by atoms with Gasteiger partial charge in [-0.25, -0.2) is 0 Å². The Labute approximate surface area is 656 Å². The molecule has 0 radical (unpaired) electrons. The van der Waals surface area contributed by atoms with Gasteiger partial charge in [0.2, 0.25) is 0 Å². The molecule has 1 aromatic heterocycles.